The standard InChI is InChI=1S/C24H28N8O2.C24H29N7O2/c1-14(2)32-22(27-15(3)29-32)19-13-30-8-9-34-20-10-16(6-7-18(20)21(30)28-19)17-11-26-31(12-17)24(4,5)23(25)33;1-15-19-14-27-24(28-20-8-7-18(13-26-20)30-11-9-25-10-12-30)29-22(19)31(17-5-3-4-6-17)23(33)21(15)16(2)32/h6-7,10-14H,8-9H2,1-5H3,(H2,25,33);7-8,13-14,17,25H,3-6,9-12H2,1-2H3,(H,26,27,28,29). The largest absolute Gasteiger partial charge is 0.491 e. The van der Waals surface area contributed by atoms with Gasteiger partial charge in [-0.15, -0.1) is 0 Å². The number of aryl methyl sites for hydroxylation is 2. The molecule has 0 spiro atoms. The molecule has 7 aromatic rings. The molecule has 0 radical (unpaired) electrons. The average molecular weight is 908 g/mol. The van der Waals surface area contributed by atoms with Gasteiger partial charge in [-0.05, 0) is 96.7 Å². The number of nitrogens with zero attached hydrogens (tertiary/aromatic N) is 12. The molecule has 8 heterocycles. The van der Waals surface area contributed by atoms with Crippen LogP contribution in [0.3, 0.4) is 0 Å². The van der Waals surface area contributed by atoms with Gasteiger partial charge in [-0.25, -0.2) is 24.6 Å². The molecule has 1 saturated heterocycles. The Labute approximate surface area is 387 Å². The van der Waals surface area contributed by atoms with E-state index >= 15 is 0 Å². The summed E-state index contributed by atoms with van der Waals surface area (Å²) in [5.41, 5.74) is 10.4. The number of pyridine rings is 2. The highest BCUT2D eigenvalue weighted by molar-refractivity contribution is 5.99. The lowest BCUT2D eigenvalue weighted by Crippen LogP contribution is -2.43. The van der Waals surface area contributed by atoms with Crippen molar-refractivity contribution in [3.8, 4) is 39.8 Å². The van der Waals surface area contributed by atoms with Crippen molar-refractivity contribution < 1.29 is 14.3 Å². The van der Waals surface area contributed by atoms with Gasteiger partial charge in [0.15, 0.2) is 11.6 Å². The molecule has 0 bridgehead atoms. The second-order valence-electron chi connectivity index (χ2n) is 18.2. The summed E-state index contributed by atoms with van der Waals surface area (Å²) in [7, 11) is 0. The van der Waals surface area contributed by atoms with Gasteiger partial charge in [0.1, 0.15) is 46.7 Å². The van der Waals surface area contributed by atoms with E-state index in [9.17, 15) is 14.4 Å². The van der Waals surface area contributed by atoms with Crippen LogP contribution in [-0.4, -0.2) is 98.1 Å². The van der Waals surface area contributed by atoms with Crippen LogP contribution in [0.2, 0.25) is 0 Å². The third kappa shape index (κ3) is 8.78. The predicted molar refractivity (Wildman–Crippen MR) is 256 cm³/mol. The van der Waals surface area contributed by atoms with Gasteiger partial charge >= 0.3 is 0 Å². The van der Waals surface area contributed by atoms with Gasteiger partial charge in [0.2, 0.25) is 11.9 Å². The normalized spacial score (nSPS) is 15.1. The number of ether oxygens (including phenoxy) is 1. The molecule has 3 aliphatic rings. The number of carbonyl (C=O) groups is 2. The van der Waals surface area contributed by atoms with Gasteiger partial charge in [-0.2, -0.15) is 15.2 Å². The number of aromatic nitrogens is 11. The van der Waals surface area contributed by atoms with Gasteiger partial charge in [0, 0.05) is 67.8 Å². The lowest BCUT2D eigenvalue weighted by molar-refractivity contribution is -0.125. The fraction of sp³-hybridized carbons (Fsp3) is 0.417. The molecule has 2 fully saturated rings. The number of anilines is 3. The van der Waals surface area contributed by atoms with Gasteiger partial charge < -0.3 is 30.6 Å². The van der Waals surface area contributed by atoms with Gasteiger partial charge in [-0.3, -0.25) is 23.6 Å². The summed E-state index contributed by atoms with van der Waals surface area (Å²) < 4.78 is 13.4. The SMILES string of the molecule is CC(=O)c1c(C)c2cnc(Nc3ccc(N4CCNCC4)cn3)nc2n(C2CCCC2)c1=O.Cc1nc(-c2cn3c(n2)-c2ccc(-c4cnn(C(C)(C)C(N)=O)c4)cc2OCC3)n(C(C)C)n1. The van der Waals surface area contributed by atoms with Gasteiger partial charge in [0.05, 0.1) is 35.8 Å². The summed E-state index contributed by atoms with van der Waals surface area (Å²) in [5, 5.41) is 16.1. The molecule has 19 heteroatoms. The fourth-order valence-electron chi connectivity index (χ4n) is 9.02. The summed E-state index contributed by atoms with van der Waals surface area (Å²) >= 11 is 0. The van der Waals surface area contributed by atoms with Crippen LogP contribution in [0.15, 0.2) is 66.1 Å². The Bertz CT molecular complexity index is 3040. The number of nitrogens with one attached hydrogen (secondary N) is 2. The Morgan fingerprint density at radius 1 is 0.925 bits per heavy atom. The molecule has 0 atom stereocenters. The highest BCUT2D eigenvalue weighted by Gasteiger charge is 2.29. The zero-order valence-corrected chi connectivity index (χ0v) is 39.1. The Kier molecular flexibility index (Phi) is 12.2. The summed E-state index contributed by atoms with van der Waals surface area (Å²) in [4.78, 5) is 63.0. The van der Waals surface area contributed by atoms with Crippen molar-refractivity contribution >= 4 is 40.2 Å². The highest BCUT2D eigenvalue weighted by Crippen LogP contribution is 2.38. The first-order valence-electron chi connectivity index (χ1n) is 22.9. The Balaban J connectivity index is 0.000000168. The number of imidazole rings is 1. The van der Waals surface area contributed by atoms with Crippen molar-refractivity contribution in [2.24, 2.45) is 5.73 Å². The van der Waals surface area contributed by atoms with E-state index in [1.165, 1.54) is 6.92 Å². The smallest absolute Gasteiger partial charge is 0.263 e. The molecular formula is C48H57N15O4. The van der Waals surface area contributed by atoms with E-state index in [1.807, 2.05) is 60.5 Å². The molecule has 10 rings (SSSR count). The number of primary amides is 1. The number of hydrogen-bond donors (Lipinski definition) is 3. The van der Waals surface area contributed by atoms with Gasteiger partial charge in [-0.1, -0.05) is 18.9 Å². The maximum atomic E-state index is 13.3. The van der Waals surface area contributed by atoms with Crippen LogP contribution >= 0.6 is 0 Å². The molecule has 2 aliphatic heterocycles. The summed E-state index contributed by atoms with van der Waals surface area (Å²) in [6.07, 6.45) is 13.1. The number of carbonyl (C=O) groups excluding carboxylic acids is 2. The minimum absolute atomic E-state index is 0.0536. The molecule has 1 saturated carbocycles. The molecule has 1 amide bonds. The van der Waals surface area contributed by atoms with Crippen molar-refractivity contribution in [3.05, 3.63) is 88.6 Å². The number of amides is 1. The highest BCUT2D eigenvalue weighted by atomic mass is 16.5. The fourth-order valence-corrected chi connectivity index (χ4v) is 9.02. The van der Waals surface area contributed by atoms with Crippen molar-refractivity contribution in [2.75, 3.05) is 43.0 Å². The molecule has 19 nitrogen and oxygen atoms in total. The lowest BCUT2D eigenvalue weighted by atomic mass is 10.0. The third-order valence-electron chi connectivity index (χ3n) is 12.9. The number of rotatable bonds is 10. The van der Waals surface area contributed by atoms with E-state index in [1.54, 1.807) is 42.4 Å². The topological polar surface area (TPSA) is 224 Å². The first kappa shape index (κ1) is 44.9. The zero-order chi connectivity index (χ0) is 47.1. The van der Waals surface area contributed by atoms with Crippen LogP contribution < -0.4 is 31.6 Å². The predicted octanol–water partition coefficient (Wildman–Crippen LogP) is 6.14. The number of benzene rings is 1. The lowest BCUT2D eigenvalue weighted by Gasteiger charge is -2.29. The minimum atomic E-state index is -0.920. The van der Waals surface area contributed by atoms with E-state index in [-0.39, 0.29) is 29.0 Å². The van der Waals surface area contributed by atoms with E-state index in [0.717, 1.165) is 109 Å². The molecule has 348 valence electrons. The maximum Gasteiger partial charge on any atom is 0.263 e. The van der Waals surface area contributed by atoms with Crippen LogP contribution in [0.1, 0.15) is 94.1 Å². The number of hydrogen-bond acceptors (Lipinski definition) is 14. The Morgan fingerprint density at radius 2 is 1.70 bits per heavy atom. The van der Waals surface area contributed by atoms with Crippen molar-refractivity contribution in [2.45, 2.75) is 98.3 Å². The van der Waals surface area contributed by atoms with E-state index in [2.05, 4.69) is 59.1 Å². The van der Waals surface area contributed by atoms with Crippen molar-refractivity contribution in [1.82, 2.24) is 58.9 Å². The number of Topliss-reactive ketones (excluding diaryl/α,β-unsaturated/α-hetero) is 1. The third-order valence-corrected chi connectivity index (χ3v) is 12.9. The number of fused-ring (bicyclic) bond motifs is 4. The molecule has 0 unspecified atom stereocenters. The molecular weight excluding hydrogens is 851 g/mol. The van der Waals surface area contributed by atoms with Crippen LogP contribution in [0.4, 0.5) is 17.5 Å². The first-order chi connectivity index (χ1) is 32.2. The average Bonchev–Trinajstić information content (AvgIpc) is 4.15. The van der Waals surface area contributed by atoms with Crippen LogP contribution in [0.5, 0.6) is 5.75 Å². The Hall–Kier alpha value is -7.28. The van der Waals surface area contributed by atoms with Crippen molar-refractivity contribution in [3.63, 3.8) is 0 Å². The second-order valence-corrected chi connectivity index (χ2v) is 18.2. The van der Waals surface area contributed by atoms with E-state index in [4.69, 9.17) is 20.4 Å². The first-order valence-corrected chi connectivity index (χ1v) is 22.9. The minimum Gasteiger partial charge on any atom is -0.491 e. The number of piperazine rings is 1. The maximum absolute atomic E-state index is 13.3. The van der Waals surface area contributed by atoms with E-state index < -0.39 is 11.4 Å². The van der Waals surface area contributed by atoms with Crippen LogP contribution in [-0.2, 0) is 16.9 Å². The van der Waals surface area contributed by atoms with Gasteiger partial charge in [0.25, 0.3) is 5.56 Å². The van der Waals surface area contributed by atoms with Crippen molar-refractivity contribution in [1.29, 1.82) is 0 Å². The zero-order valence-electron chi connectivity index (χ0n) is 39.1. The Morgan fingerprint density at radius 3 is 2.40 bits per heavy atom. The molecule has 6 aromatic heterocycles. The molecule has 4 N–H and O–H groups in total. The number of nitrogens with two attached hydrogens (primary N) is 1. The molecule has 1 aliphatic carbocycles. The monoisotopic (exact) mass is 907 g/mol. The summed E-state index contributed by atoms with van der Waals surface area (Å²) in [5.74, 6) is 3.41. The quantitative estimate of drug-likeness (QED) is 0.131. The number of ketones is 1. The summed E-state index contributed by atoms with van der Waals surface area (Å²) in [6.45, 7) is 17.8. The molecule has 1 aromatic carbocycles. The van der Waals surface area contributed by atoms with E-state index in [0.29, 0.717) is 36.1 Å². The molecule has 67 heavy (non-hydrogen) atoms. The second kappa shape index (κ2) is 18.2. The van der Waals surface area contributed by atoms with Crippen LogP contribution in [0, 0.1) is 13.8 Å². The summed E-state index contributed by atoms with van der Waals surface area (Å²) in [6, 6.07) is 10.2. The van der Waals surface area contributed by atoms with Crippen LogP contribution in [0.25, 0.3) is 45.1 Å².